The molecular formula is C18H24N4O2S2. The quantitative estimate of drug-likeness (QED) is 0.518. The minimum absolute atomic E-state index is 0.0154. The van der Waals surface area contributed by atoms with Crippen molar-refractivity contribution >= 4 is 45.7 Å². The number of amides is 2. The van der Waals surface area contributed by atoms with Crippen molar-refractivity contribution in [3.63, 3.8) is 0 Å². The molecule has 0 unspecified atom stereocenters. The van der Waals surface area contributed by atoms with Crippen molar-refractivity contribution in [1.82, 2.24) is 10.2 Å². The smallest absolute Gasteiger partial charge is 0.234 e. The van der Waals surface area contributed by atoms with E-state index in [1.165, 1.54) is 23.1 Å². The Balaban J connectivity index is 1.86. The number of carbonyl (C=O) groups is 2. The molecule has 140 valence electrons. The van der Waals surface area contributed by atoms with Crippen LogP contribution in [-0.4, -0.2) is 27.8 Å². The number of carbonyl (C=O) groups excluding carboxylic acids is 2. The highest BCUT2D eigenvalue weighted by molar-refractivity contribution is 8.01. The third-order valence-electron chi connectivity index (χ3n) is 3.99. The zero-order valence-electron chi connectivity index (χ0n) is 15.5. The van der Waals surface area contributed by atoms with Gasteiger partial charge in [-0.15, -0.1) is 10.2 Å². The minimum atomic E-state index is -0.0958. The molecule has 0 saturated heterocycles. The summed E-state index contributed by atoms with van der Waals surface area (Å²) in [7, 11) is 0. The molecule has 0 fully saturated rings. The van der Waals surface area contributed by atoms with Crippen molar-refractivity contribution in [2.75, 3.05) is 16.4 Å². The van der Waals surface area contributed by atoms with Crippen LogP contribution >= 0.6 is 23.1 Å². The summed E-state index contributed by atoms with van der Waals surface area (Å²) in [5, 5.41) is 14.2. The van der Waals surface area contributed by atoms with Crippen LogP contribution in [0.2, 0.25) is 0 Å². The minimum Gasteiger partial charge on any atom is -0.325 e. The third-order valence-corrected chi connectivity index (χ3v) is 5.96. The van der Waals surface area contributed by atoms with E-state index in [2.05, 4.69) is 20.8 Å². The average Bonchev–Trinajstić information content (AvgIpc) is 3.05. The highest BCUT2D eigenvalue weighted by atomic mass is 32.2. The average molecular weight is 393 g/mol. The van der Waals surface area contributed by atoms with Gasteiger partial charge in [0.15, 0.2) is 4.34 Å². The molecule has 1 aromatic heterocycles. The maximum Gasteiger partial charge on any atom is 0.234 e. The molecule has 0 spiro atoms. The second-order valence-corrected chi connectivity index (χ2v) is 8.23. The van der Waals surface area contributed by atoms with Crippen molar-refractivity contribution in [2.24, 2.45) is 5.92 Å². The van der Waals surface area contributed by atoms with Crippen molar-refractivity contribution in [1.29, 1.82) is 0 Å². The van der Waals surface area contributed by atoms with Crippen LogP contribution in [0.25, 0.3) is 0 Å². The van der Waals surface area contributed by atoms with Crippen LogP contribution < -0.4 is 10.6 Å². The zero-order chi connectivity index (χ0) is 19.1. The Morgan fingerprint density at radius 2 is 1.88 bits per heavy atom. The van der Waals surface area contributed by atoms with Crippen molar-refractivity contribution in [2.45, 2.75) is 44.9 Å². The van der Waals surface area contributed by atoms with Crippen LogP contribution in [0, 0.1) is 19.8 Å². The maximum atomic E-state index is 12.2. The van der Waals surface area contributed by atoms with Crippen LogP contribution in [0.1, 0.15) is 37.8 Å². The maximum absolute atomic E-state index is 12.2. The fraction of sp³-hybridized carbons (Fsp3) is 0.444. The van der Waals surface area contributed by atoms with Crippen molar-refractivity contribution in [3.05, 3.63) is 29.3 Å². The number of anilines is 2. The number of benzene rings is 1. The summed E-state index contributed by atoms with van der Waals surface area (Å²) in [4.78, 5) is 24.2. The molecular weight excluding hydrogens is 368 g/mol. The number of nitrogens with zero attached hydrogens (tertiary/aromatic N) is 2. The van der Waals surface area contributed by atoms with E-state index < -0.39 is 0 Å². The Hall–Kier alpha value is -1.93. The van der Waals surface area contributed by atoms with Gasteiger partial charge < -0.3 is 10.6 Å². The third kappa shape index (κ3) is 5.81. The molecule has 1 heterocycles. The molecule has 2 aromatic rings. The van der Waals surface area contributed by atoms with E-state index in [4.69, 9.17) is 0 Å². The normalized spacial score (nSPS) is 10.8. The Morgan fingerprint density at radius 3 is 2.58 bits per heavy atom. The fourth-order valence-corrected chi connectivity index (χ4v) is 3.92. The van der Waals surface area contributed by atoms with Gasteiger partial charge in [0.1, 0.15) is 0 Å². The number of hydrogen-bond acceptors (Lipinski definition) is 6. The molecule has 8 heteroatoms. The predicted molar refractivity (Wildman–Crippen MR) is 108 cm³/mol. The van der Waals surface area contributed by atoms with E-state index in [9.17, 15) is 9.59 Å². The van der Waals surface area contributed by atoms with Crippen LogP contribution in [0.4, 0.5) is 10.8 Å². The summed E-state index contributed by atoms with van der Waals surface area (Å²) in [6.07, 6.45) is 1.59. The Bertz CT molecular complexity index is 772. The fourth-order valence-electron chi connectivity index (χ4n) is 2.37. The van der Waals surface area contributed by atoms with Gasteiger partial charge in [-0.3, -0.25) is 9.59 Å². The van der Waals surface area contributed by atoms with Gasteiger partial charge in [0.2, 0.25) is 16.9 Å². The number of nitrogens with one attached hydrogen (secondary N) is 2. The Kier molecular flexibility index (Phi) is 7.59. The highest BCUT2D eigenvalue weighted by Gasteiger charge is 2.16. The number of aryl methyl sites for hydroxylation is 2. The molecule has 0 bridgehead atoms. The van der Waals surface area contributed by atoms with Gasteiger partial charge in [-0.1, -0.05) is 49.1 Å². The van der Waals surface area contributed by atoms with Gasteiger partial charge in [0.05, 0.1) is 5.75 Å². The van der Waals surface area contributed by atoms with Crippen LogP contribution in [-0.2, 0) is 9.59 Å². The summed E-state index contributed by atoms with van der Waals surface area (Å²) >= 11 is 2.59. The van der Waals surface area contributed by atoms with E-state index in [0.29, 0.717) is 9.47 Å². The highest BCUT2D eigenvalue weighted by Crippen LogP contribution is 2.26. The van der Waals surface area contributed by atoms with Crippen LogP contribution in [0.5, 0.6) is 0 Å². The largest absolute Gasteiger partial charge is 0.325 e. The van der Waals surface area contributed by atoms with Gasteiger partial charge in [0, 0.05) is 11.6 Å². The first kappa shape index (κ1) is 20.4. The standard InChI is InChI=1S/C18H24N4O2S2/c1-5-13(6-2)16(24)20-17-21-22-18(26-17)25-10-15(23)19-14-9-11(3)7-8-12(14)4/h7-9,13H,5-6,10H2,1-4H3,(H,19,23)(H,20,21,24). The van der Waals surface area contributed by atoms with Gasteiger partial charge in [-0.25, -0.2) is 0 Å². The number of rotatable bonds is 8. The van der Waals surface area contributed by atoms with E-state index in [-0.39, 0.29) is 23.5 Å². The molecule has 6 nitrogen and oxygen atoms in total. The first-order valence-electron chi connectivity index (χ1n) is 8.57. The Labute approximate surface area is 162 Å². The van der Waals surface area contributed by atoms with Gasteiger partial charge >= 0.3 is 0 Å². The number of aromatic nitrogens is 2. The lowest BCUT2D eigenvalue weighted by atomic mass is 10.0. The van der Waals surface area contributed by atoms with Crippen LogP contribution in [0.3, 0.4) is 0 Å². The van der Waals surface area contributed by atoms with Gasteiger partial charge in [0.25, 0.3) is 0 Å². The second-order valence-electron chi connectivity index (χ2n) is 6.03. The Morgan fingerprint density at radius 1 is 1.15 bits per heavy atom. The van der Waals surface area contributed by atoms with Gasteiger partial charge in [-0.2, -0.15) is 0 Å². The molecule has 0 aliphatic carbocycles. The molecule has 2 rings (SSSR count). The second kappa shape index (κ2) is 9.68. The van der Waals surface area contributed by atoms with Crippen molar-refractivity contribution < 1.29 is 9.59 Å². The monoisotopic (exact) mass is 392 g/mol. The molecule has 0 aliphatic heterocycles. The lowest BCUT2D eigenvalue weighted by Gasteiger charge is -2.10. The topological polar surface area (TPSA) is 84.0 Å². The molecule has 0 aliphatic rings. The van der Waals surface area contributed by atoms with E-state index in [1.54, 1.807) is 0 Å². The molecule has 0 saturated carbocycles. The van der Waals surface area contributed by atoms with Gasteiger partial charge in [-0.05, 0) is 43.9 Å². The molecule has 26 heavy (non-hydrogen) atoms. The number of hydrogen-bond donors (Lipinski definition) is 2. The first-order valence-corrected chi connectivity index (χ1v) is 10.4. The molecule has 0 radical (unpaired) electrons. The van der Waals surface area contributed by atoms with E-state index in [1.807, 2.05) is 45.9 Å². The molecule has 0 atom stereocenters. The summed E-state index contributed by atoms with van der Waals surface area (Å²) < 4.78 is 0.654. The zero-order valence-corrected chi connectivity index (χ0v) is 17.1. The first-order chi connectivity index (χ1) is 12.4. The predicted octanol–water partition coefficient (Wildman–Crippen LogP) is 4.26. The number of thioether (sulfide) groups is 1. The molecule has 2 N–H and O–H groups in total. The summed E-state index contributed by atoms with van der Waals surface area (Å²) in [6.45, 7) is 7.93. The SMILES string of the molecule is CCC(CC)C(=O)Nc1nnc(SCC(=O)Nc2cc(C)ccc2C)s1. The summed E-state index contributed by atoms with van der Waals surface area (Å²) in [6, 6.07) is 5.95. The van der Waals surface area contributed by atoms with Crippen LogP contribution in [0.15, 0.2) is 22.5 Å². The van der Waals surface area contributed by atoms with E-state index >= 15 is 0 Å². The molecule has 1 aromatic carbocycles. The summed E-state index contributed by atoms with van der Waals surface area (Å²) in [5.41, 5.74) is 2.95. The van der Waals surface area contributed by atoms with Crippen molar-refractivity contribution in [3.8, 4) is 0 Å². The molecule has 2 amide bonds. The lowest BCUT2D eigenvalue weighted by Crippen LogP contribution is -2.21. The summed E-state index contributed by atoms with van der Waals surface area (Å²) in [5.74, 6) is 0.0953. The van der Waals surface area contributed by atoms with E-state index in [0.717, 1.165) is 29.7 Å². The lowest BCUT2D eigenvalue weighted by molar-refractivity contribution is -0.120.